The Balaban J connectivity index is 2.34. The molecule has 42 heavy (non-hydrogen) atoms. The first-order valence-corrected chi connectivity index (χ1v) is 14.0. The Morgan fingerprint density at radius 1 is 0.452 bits per heavy atom. The van der Waals surface area contributed by atoms with Gasteiger partial charge in [-0.1, -0.05) is 6.42 Å². The molecule has 0 saturated heterocycles. The van der Waals surface area contributed by atoms with E-state index < -0.39 is 0 Å². The average molecular weight is 664 g/mol. The molecular weight excluding hydrogens is 620 g/mol. The monoisotopic (exact) mass is 662 g/mol. The Hall–Kier alpha value is -2.84. The smallest absolute Gasteiger partial charge is 0.188 e. The maximum Gasteiger partial charge on any atom is 0.188 e. The van der Waals surface area contributed by atoms with Gasteiger partial charge in [-0.15, -0.1) is 0 Å². The fourth-order valence-corrected chi connectivity index (χ4v) is 5.00. The van der Waals surface area contributed by atoms with Crippen LogP contribution in [0.25, 0.3) is 0 Å². The van der Waals surface area contributed by atoms with E-state index in [-0.39, 0.29) is 27.2 Å². The Morgan fingerprint density at radius 2 is 0.929 bits per heavy atom. The number of hydrogen-bond donors (Lipinski definition) is 0. The standard InChI is InChI=1S/C29H43BrO12/c1-31-15-39-22-14-21(35-5)25(40-16-32-2)19(24(22)36-6)12-10-9-11-13-20-26(37-7)29(42-18-34-4)23(30)28(38-8)27(20)41-17-33-3/h14H,9-13,15-18H2,1-8H3. The van der Waals surface area contributed by atoms with Crippen LogP contribution in [0.5, 0.6) is 46.0 Å². The van der Waals surface area contributed by atoms with Gasteiger partial charge in [0.2, 0.25) is 0 Å². The zero-order valence-electron chi connectivity index (χ0n) is 25.7. The Morgan fingerprint density at radius 3 is 1.43 bits per heavy atom. The highest BCUT2D eigenvalue weighted by Gasteiger charge is 2.27. The van der Waals surface area contributed by atoms with Crippen LogP contribution in [-0.4, -0.2) is 84.1 Å². The maximum absolute atomic E-state index is 5.94. The summed E-state index contributed by atoms with van der Waals surface area (Å²) in [5, 5.41) is 0. The fourth-order valence-electron chi connectivity index (χ4n) is 4.36. The van der Waals surface area contributed by atoms with Crippen LogP contribution < -0.4 is 37.9 Å². The summed E-state index contributed by atoms with van der Waals surface area (Å²) in [7, 11) is 12.5. The van der Waals surface area contributed by atoms with E-state index in [1.165, 1.54) is 0 Å². The Labute approximate surface area is 256 Å². The van der Waals surface area contributed by atoms with Crippen LogP contribution in [0, 0.1) is 0 Å². The van der Waals surface area contributed by atoms with Crippen molar-refractivity contribution in [1.29, 1.82) is 0 Å². The van der Waals surface area contributed by atoms with Crippen molar-refractivity contribution < 1.29 is 56.8 Å². The summed E-state index contributed by atoms with van der Waals surface area (Å²) in [6.07, 6.45) is 3.67. The van der Waals surface area contributed by atoms with E-state index in [0.29, 0.717) is 63.3 Å². The first kappa shape index (κ1) is 35.4. The van der Waals surface area contributed by atoms with E-state index >= 15 is 0 Å². The number of halogens is 1. The summed E-state index contributed by atoms with van der Waals surface area (Å²) in [5.41, 5.74) is 1.60. The molecule has 0 N–H and O–H groups in total. The first-order chi connectivity index (χ1) is 20.5. The number of hydrogen-bond acceptors (Lipinski definition) is 12. The van der Waals surface area contributed by atoms with Gasteiger partial charge in [-0.25, -0.2) is 0 Å². The second-order valence-corrected chi connectivity index (χ2v) is 9.49. The van der Waals surface area contributed by atoms with Crippen molar-refractivity contribution in [2.45, 2.75) is 32.1 Å². The van der Waals surface area contributed by atoms with Crippen molar-refractivity contribution in [2.75, 3.05) is 84.1 Å². The van der Waals surface area contributed by atoms with Crippen molar-refractivity contribution in [3.8, 4) is 46.0 Å². The fraction of sp³-hybridized carbons (Fsp3) is 0.586. The molecule has 2 aromatic rings. The third-order valence-electron chi connectivity index (χ3n) is 6.10. The van der Waals surface area contributed by atoms with Crippen LogP contribution in [0.15, 0.2) is 10.5 Å². The molecule has 238 valence electrons. The molecule has 2 rings (SSSR count). The van der Waals surface area contributed by atoms with Gasteiger partial charge in [0.25, 0.3) is 0 Å². The topological polar surface area (TPSA) is 111 Å². The molecule has 0 saturated carbocycles. The van der Waals surface area contributed by atoms with E-state index in [2.05, 4.69) is 15.9 Å². The summed E-state index contributed by atoms with van der Waals surface area (Å²) >= 11 is 3.56. The van der Waals surface area contributed by atoms with Gasteiger partial charge in [-0.3, -0.25) is 0 Å². The molecule has 0 aliphatic heterocycles. The molecule has 13 heteroatoms. The van der Waals surface area contributed by atoms with E-state index in [1.807, 2.05) is 0 Å². The molecule has 0 aromatic heterocycles. The van der Waals surface area contributed by atoms with Gasteiger partial charge in [-0.2, -0.15) is 0 Å². The maximum atomic E-state index is 5.94. The van der Waals surface area contributed by atoms with Crippen LogP contribution in [0.2, 0.25) is 0 Å². The zero-order chi connectivity index (χ0) is 30.9. The predicted molar refractivity (Wildman–Crippen MR) is 158 cm³/mol. The summed E-state index contributed by atoms with van der Waals surface area (Å²) in [5.74, 6) is 4.05. The van der Waals surface area contributed by atoms with E-state index in [0.717, 1.165) is 30.4 Å². The van der Waals surface area contributed by atoms with Gasteiger partial charge >= 0.3 is 0 Å². The molecule has 0 heterocycles. The van der Waals surface area contributed by atoms with Gasteiger partial charge in [0, 0.05) is 45.6 Å². The number of ether oxygens (including phenoxy) is 12. The van der Waals surface area contributed by atoms with Gasteiger partial charge in [0.15, 0.2) is 73.2 Å². The summed E-state index contributed by atoms with van der Waals surface area (Å²) < 4.78 is 67.3. The van der Waals surface area contributed by atoms with Crippen molar-refractivity contribution in [1.82, 2.24) is 0 Å². The molecular formula is C29H43BrO12. The van der Waals surface area contributed by atoms with E-state index in [1.54, 1.807) is 62.9 Å². The highest BCUT2D eigenvalue weighted by molar-refractivity contribution is 9.10. The van der Waals surface area contributed by atoms with Crippen molar-refractivity contribution in [3.05, 3.63) is 21.7 Å². The molecule has 2 aromatic carbocycles. The lowest BCUT2D eigenvalue weighted by Gasteiger charge is -2.22. The predicted octanol–water partition coefficient (Wildman–Crippen LogP) is 5.37. The molecule has 12 nitrogen and oxygen atoms in total. The Bertz CT molecular complexity index is 1100. The van der Waals surface area contributed by atoms with Crippen LogP contribution in [0.3, 0.4) is 0 Å². The molecule has 0 spiro atoms. The number of unbranched alkanes of at least 4 members (excludes halogenated alkanes) is 2. The van der Waals surface area contributed by atoms with Gasteiger partial charge in [-0.05, 0) is 41.6 Å². The van der Waals surface area contributed by atoms with Gasteiger partial charge in [0.05, 0.1) is 28.4 Å². The highest BCUT2D eigenvalue weighted by atomic mass is 79.9. The van der Waals surface area contributed by atoms with Crippen molar-refractivity contribution in [3.63, 3.8) is 0 Å². The second-order valence-electron chi connectivity index (χ2n) is 8.70. The minimum atomic E-state index is 0.0295. The molecule has 0 atom stereocenters. The zero-order valence-corrected chi connectivity index (χ0v) is 27.3. The SMILES string of the molecule is COCOc1cc(OC)c(OCOC)c(CCCCCc2c(OC)c(OCOC)c(Br)c(OC)c2OCOC)c1OC. The van der Waals surface area contributed by atoms with Crippen LogP contribution in [0.1, 0.15) is 30.4 Å². The minimum Gasteiger partial charge on any atom is -0.493 e. The van der Waals surface area contributed by atoms with E-state index in [4.69, 9.17) is 56.8 Å². The molecule has 0 amide bonds. The van der Waals surface area contributed by atoms with Crippen LogP contribution in [0.4, 0.5) is 0 Å². The highest BCUT2D eigenvalue weighted by Crippen LogP contribution is 2.52. The second kappa shape index (κ2) is 19.4. The van der Waals surface area contributed by atoms with E-state index in [9.17, 15) is 0 Å². The van der Waals surface area contributed by atoms with Crippen molar-refractivity contribution >= 4 is 15.9 Å². The lowest BCUT2D eigenvalue weighted by molar-refractivity contribution is 0.0439. The lowest BCUT2D eigenvalue weighted by atomic mass is 10.00. The first-order valence-electron chi connectivity index (χ1n) is 13.2. The van der Waals surface area contributed by atoms with Gasteiger partial charge < -0.3 is 56.8 Å². The summed E-state index contributed by atoms with van der Waals surface area (Å²) in [6.45, 7) is 0.166. The summed E-state index contributed by atoms with van der Waals surface area (Å²) in [6, 6.07) is 1.71. The number of rotatable bonds is 22. The summed E-state index contributed by atoms with van der Waals surface area (Å²) in [4.78, 5) is 0. The quantitative estimate of drug-likeness (QED) is 0.119. The molecule has 0 radical (unpaired) electrons. The molecule has 0 unspecified atom stereocenters. The normalized spacial score (nSPS) is 10.8. The minimum absolute atomic E-state index is 0.0295. The molecule has 0 bridgehead atoms. The van der Waals surface area contributed by atoms with Gasteiger partial charge in [0.1, 0.15) is 4.47 Å². The van der Waals surface area contributed by atoms with Crippen LogP contribution >= 0.6 is 15.9 Å². The largest absolute Gasteiger partial charge is 0.493 e. The molecule has 0 aliphatic carbocycles. The van der Waals surface area contributed by atoms with Crippen LogP contribution in [-0.2, 0) is 31.8 Å². The molecule has 0 aliphatic rings. The average Bonchev–Trinajstić information content (AvgIpc) is 3.01. The number of benzene rings is 2. The molecule has 0 fully saturated rings. The Kier molecular flexibility index (Phi) is 16.3. The van der Waals surface area contributed by atoms with Crippen molar-refractivity contribution in [2.24, 2.45) is 0 Å². The number of methoxy groups -OCH3 is 8. The lowest BCUT2D eigenvalue weighted by Crippen LogP contribution is -2.09. The third kappa shape index (κ3) is 9.08. The third-order valence-corrected chi connectivity index (χ3v) is 6.82.